The molecule has 152 valence electrons. The first-order chi connectivity index (χ1) is 13.8. The lowest BCUT2D eigenvalue weighted by molar-refractivity contribution is -0.155. The molecule has 0 radical (unpaired) electrons. The second-order valence-corrected chi connectivity index (χ2v) is 8.33. The first-order valence-corrected chi connectivity index (χ1v) is 9.99. The van der Waals surface area contributed by atoms with Crippen molar-refractivity contribution in [2.45, 2.75) is 58.1 Å². The molecule has 0 aromatic heterocycles. The van der Waals surface area contributed by atoms with Crippen molar-refractivity contribution in [2.24, 2.45) is 0 Å². The molecule has 2 aromatic rings. The largest absolute Gasteiger partial charge is 0.460 e. The van der Waals surface area contributed by atoms with E-state index in [-0.39, 0.29) is 30.2 Å². The first kappa shape index (κ1) is 20.8. The van der Waals surface area contributed by atoms with E-state index in [0.717, 1.165) is 5.56 Å². The Morgan fingerprint density at radius 1 is 0.897 bits per heavy atom. The molecule has 0 saturated carbocycles. The summed E-state index contributed by atoms with van der Waals surface area (Å²) in [5.74, 6) is -0.889. The number of fused-ring (bicyclic) bond motifs is 1. The lowest BCUT2D eigenvalue weighted by atomic mass is 10.00. The van der Waals surface area contributed by atoms with Crippen LogP contribution in [-0.4, -0.2) is 34.3 Å². The fourth-order valence-electron chi connectivity index (χ4n) is 3.60. The molecule has 5 heteroatoms. The van der Waals surface area contributed by atoms with Crippen molar-refractivity contribution in [3.8, 4) is 0 Å². The highest BCUT2D eigenvalue weighted by atomic mass is 16.6. The van der Waals surface area contributed by atoms with Crippen LogP contribution in [-0.2, 0) is 16.0 Å². The zero-order chi connectivity index (χ0) is 21.0. The van der Waals surface area contributed by atoms with E-state index in [4.69, 9.17) is 4.74 Å². The predicted octanol–water partition coefficient (Wildman–Crippen LogP) is 4.41. The van der Waals surface area contributed by atoms with Crippen molar-refractivity contribution in [1.29, 1.82) is 0 Å². The van der Waals surface area contributed by atoms with Crippen LogP contribution in [0.4, 0.5) is 0 Å². The van der Waals surface area contributed by atoms with Gasteiger partial charge < -0.3 is 4.74 Å². The average Bonchev–Trinajstić information content (AvgIpc) is 2.93. The summed E-state index contributed by atoms with van der Waals surface area (Å²) in [6, 6.07) is 16.4. The summed E-state index contributed by atoms with van der Waals surface area (Å²) < 4.78 is 5.40. The number of hydrogen-bond donors (Lipinski definition) is 0. The van der Waals surface area contributed by atoms with Gasteiger partial charge in [0.05, 0.1) is 11.1 Å². The number of nitrogens with zero attached hydrogens (tertiary/aromatic N) is 1. The smallest absolute Gasteiger partial charge is 0.306 e. The maximum absolute atomic E-state index is 12.9. The van der Waals surface area contributed by atoms with Gasteiger partial charge in [-0.05, 0) is 57.7 Å². The molecule has 5 nitrogen and oxygen atoms in total. The molecule has 0 fully saturated rings. The minimum atomic E-state index is -0.563. The molecule has 3 rings (SSSR count). The van der Waals surface area contributed by atoms with Gasteiger partial charge in [0.1, 0.15) is 5.60 Å². The molecular formula is C24H27NO4. The van der Waals surface area contributed by atoms with Gasteiger partial charge in [-0.25, -0.2) is 0 Å². The van der Waals surface area contributed by atoms with Crippen molar-refractivity contribution < 1.29 is 19.1 Å². The Bertz CT molecular complexity index is 864. The molecule has 0 aliphatic carbocycles. The van der Waals surface area contributed by atoms with Crippen LogP contribution in [0.15, 0.2) is 54.6 Å². The van der Waals surface area contributed by atoms with E-state index in [1.807, 2.05) is 51.1 Å². The SMILES string of the molecule is CC(C)(C)OC(=O)CCC(CCc1ccccc1)N1C(=O)c2ccccc2C1=O. The Hall–Kier alpha value is -2.95. The Labute approximate surface area is 171 Å². The first-order valence-electron chi connectivity index (χ1n) is 9.99. The standard InChI is InChI=1S/C24H27NO4/c1-24(2,3)29-21(26)16-15-18(14-13-17-9-5-4-6-10-17)25-22(27)19-11-7-8-12-20(19)23(25)28/h4-12,18H,13-16H2,1-3H3. The normalized spacial score (nSPS) is 14.7. The van der Waals surface area contributed by atoms with Crippen LogP contribution in [0.25, 0.3) is 0 Å². The summed E-state index contributed by atoms with van der Waals surface area (Å²) in [5, 5.41) is 0. The molecule has 2 aromatic carbocycles. The van der Waals surface area contributed by atoms with Crippen LogP contribution in [0.2, 0.25) is 0 Å². The fourth-order valence-corrected chi connectivity index (χ4v) is 3.60. The van der Waals surface area contributed by atoms with E-state index in [1.165, 1.54) is 4.90 Å². The second kappa shape index (κ2) is 8.60. The van der Waals surface area contributed by atoms with Gasteiger partial charge >= 0.3 is 5.97 Å². The van der Waals surface area contributed by atoms with Crippen LogP contribution in [0, 0.1) is 0 Å². The maximum Gasteiger partial charge on any atom is 0.306 e. The molecule has 1 aliphatic rings. The monoisotopic (exact) mass is 393 g/mol. The van der Waals surface area contributed by atoms with Gasteiger partial charge in [-0.15, -0.1) is 0 Å². The Morgan fingerprint density at radius 2 is 1.45 bits per heavy atom. The maximum atomic E-state index is 12.9. The number of ether oxygens (including phenoxy) is 1. The molecule has 0 N–H and O–H groups in total. The molecule has 29 heavy (non-hydrogen) atoms. The zero-order valence-corrected chi connectivity index (χ0v) is 17.2. The summed E-state index contributed by atoms with van der Waals surface area (Å²) in [6.45, 7) is 5.46. The van der Waals surface area contributed by atoms with Crippen molar-refractivity contribution >= 4 is 17.8 Å². The van der Waals surface area contributed by atoms with Gasteiger partial charge in [-0.2, -0.15) is 0 Å². The van der Waals surface area contributed by atoms with E-state index in [2.05, 4.69) is 0 Å². The number of amides is 2. The third kappa shape index (κ3) is 5.11. The molecule has 0 bridgehead atoms. The van der Waals surface area contributed by atoms with Crippen LogP contribution in [0.3, 0.4) is 0 Å². The molecule has 1 unspecified atom stereocenters. The summed E-state index contributed by atoms with van der Waals surface area (Å²) in [4.78, 5) is 39.4. The van der Waals surface area contributed by atoms with Crippen molar-refractivity contribution in [2.75, 3.05) is 0 Å². The number of esters is 1. The van der Waals surface area contributed by atoms with Crippen molar-refractivity contribution in [1.82, 2.24) is 4.90 Å². The molecule has 1 heterocycles. The van der Waals surface area contributed by atoms with Gasteiger partial charge in [-0.3, -0.25) is 19.3 Å². The molecular weight excluding hydrogens is 366 g/mol. The minimum absolute atomic E-state index is 0.157. The molecule has 1 atom stereocenters. The average molecular weight is 393 g/mol. The number of rotatable bonds is 7. The second-order valence-electron chi connectivity index (χ2n) is 8.33. The van der Waals surface area contributed by atoms with Gasteiger partial charge in [0, 0.05) is 12.5 Å². The minimum Gasteiger partial charge on any atom is -0.460 e. The van der Waals surface area contributed by atoms with Crippen molar-refractivity contribution in [3.63, 3.8) is 0 Å². The number of hydrogen-bond acceptors (Lipinski definition) is 4. The summed E-state index contributed by atoms with van der Waals surface area (Å²) in [7, 11) is 0. The van der Waals surface area contributed by atoms with E-state index < -0.39 is 5.60 Å². The summed E-state index contributed by atoms with van der Waals surface area (Å²) in [5.41, 5.74) is 1.43. The van der Waals surface area contributed by atoms with Gasteiger partial charge in [0.15, 0.2) is 0 Å². The zero-order valence-electron chi connectivity index (χ0n) is 17.2. The number of carbonyl (C=O) groups is 3. The van der Waals surface area contributed by atoms with Crippen LogP contribution in [0.5, 0.6) is 0 Å². The van der Waals surface area contributed by atoms with Gasteiger partial charge in [-0.1, -0.05) is 42.5 Å². The summed E-state index contributed by atoms with van der Waals surface area (Å²) in [6.07, 6.45) is 1.85. The highest BCUT2D eigenvalue weighted by Gasteiger charge is 2.39. The van der Waals surface area contributed by atoms with Crippen LogP contribution in [0.1, 0.15) is 66.3 Å². The molecule has 2 amide bonds. The highest BCUT2D eigenvalue weighted by molar-refractivity contribution is 6.21. The van der Waals surface area contributed by atoms with Crippen LogP contribution >= 0.6 is 0 Å². The Balaban J connectivity index is 1.76. The van der Waals surface area contributed by atoms with E-state index >= 15 is 0 Å². The van der Waals surface area contributed by atoms with Crippen molar-refractivity contribution in [3.05, 3.63) is 71.3 Å². The molecule has 0 spiro atoms. The number of benzene rings is 2. The van der Waals surface area contributed by atoms with E-state index in [1.54, 1.807) is 24.3 Å². The van der Waals surface area contributed by atoms with E-state index in [0.29, 0.717) is 30.4 Å². The van der Waals surface area contributed by atoms with Gasteiger partial charge in [0.2, 0.25) is 0 Å². The van der Waals surface area contributed by atoms with Crippen LogP contribution < -0.4 is 0 Å². The fraction of sp³-hybridized carbons (Fsp3) is 0.375. The Kier molecular flexibility index (Phi) is 6.16. The predicted molar refractivity (Wildman–Crippen MR) is 111 cm³/mol. The highest BCUT2D eigenvalue weighted by Crippen LogP contribution is 2.28. The van der Waals surface area contributed by atoms with Gasteiger partial charge in [0.25, 0.3) is 11.8 Å². The lowest BCUT2D eigenvalue weighted by Crippen LogP contribution is -2.40. The number of aryl methyl sites for hydroxylation is 1. The summed E-state index contributed by atoms with van der Waals surface area (Å²) >= 11 is 0. The lowest BCUT2D eigenvalue weighted by Gasteiger charge is -2.27. The molecule has 0 saturated heterocycles. The quantitative estimate of drug-likeness (QED) is 0.516. The topological polar surface area (TPSA) is 63.7 Å². The third-order valence-electron chi connectivity index (χ3n) is 4.90. The molecule has 1 aliphatic heterocycles. The number of carbonyl (C=O) groups excluding carboxylic acids is 3. The third-order valence-corrected chi connectivity index (χ3v) is 4.90. The Morgan fingerprint density at radius 3 is 2.00 bits per heavy atom. The van der Waals surface area contributed by atoms with E-state index in [9.17, 15) is 14.4 Å². The number of imide groups is 1.